The van der Waals surface area contributed by atoms with E-state index in [1.807, 2.05) is 6.92 Å². The van der Waals surface area contributed by atoms with Crippen LogP contribution < -0.4 is 0 Å². The molecule has 2 unspecified atom stereocenters. The van der Waals surface area contributed by atoms with Crippen molar-refractivity contribution in [3.8, 4) is 0 Å². The molecule has 0 aliphatic heterocycles. The van der Waals surface area contributed by atoms with Gasteiger partial charge < -0.3 is 9.47 Å². The number of Topliss-reactive ketones (excluding diaryl/α,β-unsaturated/α-hetero) is 1. The van der Waals surface area contributed by atoms with Crippen molar-refractivity contribution in [1.82, 2.24) is 0 Å². The van der Waals surface area contributed by atoms with Crippen LogP contribution in [0.1, 0.15) is 39.0 Å². The number of hydrogen-bond acceptors (Lipinski definition) is 5. The molecule has 0 amide bonds. The van der Waals surface area contributed by atoms with Crippen molar-refractivity contribution >= 4 is 17.7 Å². The fourth-order valence-electron chi connectivity index (χ4n) is 2.08. The topological polar surface area (TPSA) is 69.7 Å². The minimum Gasteiger partial charge on any atom is -0.469 e. The van der Waals surface area contributed by atoms with E-state index in [4.69, 9.17) is 4.74 Å². The van der Waals surface area contributed by atoms with Crippen LogP contribution in [0, 0.1) is 5.92 Å². The van der Waals surface area contributed by atoms with E-state index in [0.717, 1.165) is 12.8 Å². The zero-order chi connectivity index (χ0) is 12.8. The SMILES string of the molecule is CCCC1C(=O)CCC1OC(=O)CC(=O)OC. The van der Waals surface area contributed by atoms with Crippen molar-refractivity contribution < 1.29 is 23.9 Å². The maximum Gasteiger partial charge on any atom is 0.317 e. The maximum atomic E-state index is 11.6. The lowest BCUT2D eigenvalue weighted by atomic mass is 9.99. The van der Waals surface area contributed by atoms with Crippen LogP contribution in [0.4, 0.5) is 0 Å². The van der Waals surface area contributed by atoms with E-state index in [1.54, 1.807) is 0 Å². The normalized spacial score (nSPS) is 23.5. The zero-order valence-corrected chi connectivity index (χ0v) is 10.2. The number of esters is 2. The number of carbonyl (C=O) groups excluding carboxylic acids is 3. The number of carbonyl (C=O) groups is 3. The van der Waals surface area contributed by atoms with E-state index < -0.39 is 11.9 Å². The number of rotatable bonds is 5. The van der Waals surface area contributed by atoms with E-state index >= 15 is 0 Å². The lowest BCUT2D eigenvalue weighted by molar-refractivity contribution is -0.157. The second-order valence-corrected chi connectivity index (χ2v) is 4.18. The summed E-state index contributed by atoms with van der Waals surface area (Å²) in [6.45, 7) is 1.99. The summed E-state index contributed by atoms with van der Waals surface area (Å²) in [7, 11) is 1.22. The third kappa shape index (κ3) is 3.84. The molecular formula is C12H18O5. The lowest BCUT2D eigenvalue weighted by Crippen LogP contribution is -2.26. The predicted molar refractivity (Wildman–Crippen MR) is 59.2 cm³/mol. The average Bonchev–Trinajstić information content (AvgIpc) is 2.61. The summed E-state index contributed by atoms with van der Waals surface area (Å²) in [6, 6.07) is 0. The fraction of sp³-hybridized carbons (Fsp3) is 0.750. The minimum atomic E-state index is -0.619. The summed E-state index contributed by atoms with van der Waals surface area (Å²) in [5.41, 5.74) is 0. The van der Waals surface area contributed by atoms with E-state index in [9.17, 15) is 14.4 Å². The molecule has 0 bridgehead atoms. The molecule has 96 valence electrons. The van der Waals surface area contributed by atoms with Gasteiger partial charge in [0.05, 0.1) is 13.0 Å². The molecule has 1 fully saturated rings. The summed E-state index contributed by atoms with van der Waals surface area (Å²) in [5, 5.41) is 0. The van der Waals surface area contributed by atoms with Crippen LogP contribution >= 0.6 is 0 Å². The first kappa shape index (κ1) is 13.7. The van der Waals surface area contributed by atoms with Gasteiger partial charge in [-0.05, 0) is 12.8 Å². The Hall–Kier alpha value is -1.39. The van der Waals surface area contributed by atoms with Gasteiger partial charge in [-0.2, -0.15) is 0 Å². The Morgan fingerprint density at radius 3 is 2.65 bits per heavy atom. The maximum absolute atomic E-state index is 11.6. The van der Waals surface area contributed by atoms with Gasteiger partial charge in [-0.15, -0.1) is 0 Å². The second kappa shape index (κ2) is 6.37. The molecule has 0 spiro atoms. The van der Waals surface area contributed by atoms with Gasteiger partial charge in [0.1, 0.15) is 18.3 Å². The Balaban J connectivity index is 2.47. The Labute approximate surface area is 100 Å². The van der Waals surface area contributed by atoms with Crippen LogP contribution in [0.2, 0.25) is 0 Å². The van der Waals surface area contributed by atoms with Gasteiger partial charge in [-0.3, -0.25) is 14.4 Å². The number of ketones is 1. The van der Waals surface area contributed by atoms with Crippen molar-refractivity contribution in [3.63, 3.8) is 0 Å². The van der Waals surface area contributed by atoms with Gasteiger partial charge in [0, 0.05) is 6.42 Å². The summed E-state index contributed by atoms with van der Waals surface area (Å²) in [4.78, 5) is 33.8. The van der Waals surface area contributed by atoms with Gasteiger partial charge >= 0.3 is 11.9 Å². The smallest absolute Gasteiger partial charge is 0.317 e. The van der Waals surface area contributed by atoms with Crippen LogP contribution in [0.15, 0.2) is 0 Å². The van der Waals surface area contributed by atoms with Gasteiger partial charge in [-0.25, -0.2) is 0 Å². The summed E-state index contributed by atoms with van der Waals surface area (Å²) in [5.74, 6) is -1.27. The molecule has 0 saturated heterocycles. The molecule has 17 heavy (non-hydrogen) atoms. The largest absolute Gasteiger partial charge is 0.469 e. The molecule has 2 atom stereocenters. The quantitative estimate of drug-likeness (QED) is 0.536. The molecule has 5 heteroatoms. The third-order valence-electron chi connectivity index (χ3n) is 2.94. The Morgan fingerprint density at radius 1 is 1.35 bits per heavy atom. The van der Waals surface area contributed by atoms with Crippen molar-refractivity contribution in [2.75, 3.05) is 7.11 Å². The van der Waals surface area contributed by atoms with Crippen molar-refractivity contribution in [2.45, 2.75) is 45.1 Å². The van der Waals surface area contributed by atoms with Crippen LogP contribution in [0.25, 0.3) is 0 Å². The van der Waals surface area contributed by atoms with E-state index in [2.05, 4.69) is 4.74 Å². The zero-order valence-electron chi connectivity index (χ0n) is 10.2. The third-order valence-corrected chi connectivity index (χ3v) is 2.94. The van der Waals surface area contributed by atoms with Gasteiger partial charge in [0.2, 0.25) is 0 Å². The molecule has 1 aliphatic carbocycles. The molecule has 0 aromatic carbocycles. The Kier molecular flexibility index (Phi) is 5.12. The van der Waals surface area contributed by atoms with Crippen molar-refractivity contribution in [2.24, 2.45) is 5.92 Å². The fourth-order valence-corrected chi connectivity index (χ4v) is 2.08. The van der Waals surface area contributed by atoms with Crippen molar-refractivity contribution in [3.05, 3.63) is 0 Å². The molecule has 0 radical (unpaired) electrons. The molecule has 0 N–H and O–H groups in total. The van der Waals surface area contributed by atoms with Crippen LogP contribution in [0.5, 0.6) is 0 Å². The van der Waals surface area contributed by atoms with E-state index in [-0.39, 0.29) is 24.2 Å². The van der Waals surface area contributed by atoms with Crippen molar-refractivity contribution in [1.29, 1.82) is 0 Å². The Morgan fingerprint density at radius 2 is 2.06 bits per heavy atom. The van der Waals surface area contributed by atoms with Gasteiger partial charge in [-0.1, -0.05) is 13.3 Å². The molecule has 0 aromatic heterocycles. The number of methoxy groups -OCH3 is 1. The van der Waals surface area contributed by atoms with Crippen LogP contribution in [0.3, 0.4) is 0 Å². The summed E-state index contributed by atoms with van der Waals surface area (Å²) >= 11 is 0. The molecule has 1 aliphatic rings. The highest BCUT2D eigenvalue weighted by atomic mass is 16.6. The Bertz CT molecular complexity index is 310. The second-order valence-electron chi connectivity index (χ2n) is 4.18. The highest BCUT2D eigenvalue weighted by Crippen LogP contribution is 2.29. The standard InChI is InChI=1S/C12H18O5/c1-3-4-8-9(13)5-6-10(8)17-12(15)7-11(14)16-2/h8,10H,3-7H2,1-2H3. The lowest BCUT2D eigenvalue weighted by Gasteiger charge is -2.18. The van der Waals surface area contributed by atoms with E-state index in [0.29, 0.717) is 12.8 Å². The summed E-state index contributed by atoms with van der Waals surface area (Å²) in [6.07, 6.45) is 1.88. The molecule has 0 heterocycles. The monoisotopic (exact) mass is 242 g/mol. The molecule has 1 rings (SSSR count). The number of ether oxygens (including phenoxy) is 2. The molecular weight excluding hydrogens is 224 g/mol. The highest BCUT2D eigenvalue weighted by molar-refractivity contribution is 5.91. The first-order valence-corrected chi connectivity index (χ1v) is 5.87. The van der Waals surface area contributed by atoms with Crippen LogP contribution in [-0.2, 0) is 23.9 Å². The molecule has 1 saturated carbocycles. The molecule has 5 nitrogen and oxygen atoms in total. The highest BCUT2D eigenvalue weighted by Gasteiger charge is 2.36. The predicted octanol–water partition coefficient (Wildman–Crippen LogP) is 1.24. The first-order valence-electron chi connectivity index (χ1n) is 5.87. The van der Waals surface area contributed by atoms with Gasteiger partial charge in [0.25, 0.3) is 0 Å². The molecule has 0 aromatic rings. The first-order chi connectivity index (χ1) is 8.08. The average molecular weight is 242 g/mol. The number of hydrogen-bond donors (Lipinski definition) is 0. The minimum absolute atomic E-state index is 0.155. The summed E-state index contributed by atoms with van der Waals surface area (Å²) < 4.78 is 9.53. The van der Waals surface area contributed by atoms with Gasteiger partial charge in [0.15, 0.2) is 0 Å². The van der Waals surface area contributed by atoms with E-state index in [1.165, 1.54) is 7.11 Å². The van der Waals surface area contributed by atoms with Crippen LogP contribution in [-0.4, -0.2) is 30.9 Å².